The first-order chi connectivity index (χ1) is 12.2. The molecule has 8 nitrogen and oxygen atoms in total. The van der Waals surface area contributed by atoms with Gasteiger partial charge in [-0.1, -0.05) is 19.9 Å². The number of aliphatic hydroxyl groups excluding tert-OH is 3. The van der Waals surface area contributed by atoms with Crippen LogP contribution < -0.4 is 4.74 Å². The van der Waals surface area contributed by atoms with E-state index in [4.69, 9.17) is 14.6 Å². The highest BCUT2D eigenvalue weighted by Crippen LogP contribution is 2.32. The number of carbonyl (C=O) groups excluding carboxylic acids is 1. The highest BCUT2D eigenvalue weighted by Gasteiger charge is 2.56. The summed E-state index contributed by atoms with van der Waals surface area (Å²) in [5, 5.41) is 39.4. The lowest BCUT2D eigenvalue weighted by Crippen LogP contribution is -2.46. The third-order valence-electron chi connectivity index (χ3n) is 4.45. The average molecular weight is 365 g/mol. The summed E-state index contributed by atoms with van der Waals surface area (Å²) in [7, 11) is 0. The molecule has 0 spiro atoms. The van der Waals surface area contributed by atoms with Crippen molar-refractivity contribution in [3.8, 4) is 5.75 Å². The predicted octanol–water partition coefficient (Wildman–Crippen LogP) is 0.0733. The molecule has 0 bridgehead atoms. The van der Waals surface area contributed by atoms with Crippen molar-refractivity contribution in [1.82, 2.24) is 4.98 Å². The van der Waals surface area contributed by atoms with Gasteiger partial charge in [0.1, 0.15) is 12.2 Å². The summed E-state index contributed by atoms with van der Waals surface area (Å²) in [6, 6.07) is 5.80. The van der Waals surface area contributed by atoms with Crippen molar-refractivity contribution in [3.63, 3.8) is 0 Å². The summed E-state index contributed by atoms with van der Waals surface area (Å²) in [5.41, 5.74) is 1.87. The van der Waals surface area contributed by atoms with Crippen LogP contribution in [0.25, 0.3) is 10.9 Å². The van der Waals surface area contributed by atoms with Gasteiger partial charge in [-0.3, -0.25) is 0 Å². The Morgan fingerprint density at radius 1 is 1.38 bits per heavy atom. The molecule has 26 heavy (non-hydrogen) atoms. The molecule has 1 aliphatic rings. The number of ether oxygens (including phenoxy) is 2. The number of aromatic amines is 1. The molecular weight excluding hydrogens is 342 g/mol. The summed E-state index contributed by atoms with van der Waals surface area (Å²) >= 11 is 0. The number of aliphatic hydroxyl groups is 4. The minimum absolute atomic E-state index is 0.250. The van der Waals surface area contributed by atoms with E-state index in [1.165, 1.54) is 6.20 Å². The molecule has 5 N–H and O–H groups in total. The van der Waals surface area contributed by atoms with Crippen molar-refractivity contribution < 1.29 is 34.7 Å². The normalized spacial score (nSPS) is 28.8. The zero-order chi connectivity index (χ0) is 19.1. The Labute approximate surface area is 150 Å². The van der Waals surface area contributed by atoms with E-state index in [9.17, 15) is 20.1 Å². The van der Waals surface area contributed by atoms with Gasteiger partial charge in [-0.25, -0.2) is 4.79 Å². The highest BCUT2D eigenvalue weighted by molar-refractivity contribution is 5.90. The number of esters is 1. The van der Waals surface area contributed by atoms with E-state index in [1.54, 1.807) is 0 Å². The number of hydrogen-bond donors (Lipinski definition) is 5. The molecule has 4 unspecified atom stereocenters. The predicted molar refractivity (Wildman–Crippen MR) is 91.4 cm³/mol. The Morgan fingerprint density at radius 3 is 2.73 bits per heavy atom. The van der Waals surface area contributed by atoms with E-state index in [0.717, 1.165) is 17.5 Å². The van der Waals surface area contributed by atoms with Crippen molar-refractivity contribution >= 4 is 16.9 Å². The third kappa shape index (κ3) is 3.34. The molecule has 1 saturated heterocycles. The molecule has 4 atom stereocenters. The van der Waals surface area contributed by atoms with Crippen molar-refractivity contribution in [2.24, 2.45) is 5.92 Å². The van der Waals surface area contributed by atoms with Crippen LogP contribution in [0, 0.1) is 5.92 Å². The number of benzene rings is 1. The van der Waals surface area contributed by atoms with Crippen molar-refractivity contribution in [2.75, 3.05) is 6.61 Å². The smallest absolute Gasteiger partial charge is 0.343 e. The van der Waals surface area contributed by atoms with E-state index >= 15 is 0 Å². The number of hydrogen-bond acceptors (Lipinski definition) is 7. The van der Waals surface area contributed by atoms with Crippen LogP contribution in [0.3, 0.4) is 0 Å². The summed E-state index contributed by atoms with van der Waals surface area (Å²) in [5.74, 6) is -2.66. The van der Waals surface area contributed by atoms with Crippen LogP contribution in [0.2, 0.25) is 0 Å². The summed E-state index contributed by atoms with van der Waals surface area (Å²) in [4.78, 5) is 15.3. The fraction of sp³-hybridized carbons (Fsp3) is 0.500. The molecule has 2 aromatic rings. The average Bonchev–Trinajstić information content (AvgIpc) is 3.09. The lowest BCUT2D eigenvalue weighted by atomic mass is 10.0. The molecule has 1 aliphatic heterocycles. The second-order valence-corrected chi connectivity index (χ2v) is 7.03. The quantitative estimate of drug-likeness (QED) is 0.474. The van der Waals surface area contributed by atoms with Gasteiger partial charge in [-0.2, -0.15) is 0 Å². The van der Waals surface area contributed by atoms with E-state index in [1.807, 2.05) is 18.2 Å². The Kier molecular flexibility index (Phi) is 5.05. The van der Waals surface area contributed by atoms with Crippen LogP contribution in [-0.4, -0.2) is 62.1 Å². The standard InChI is InChI=1S/C18H23NO7/c1-9(2)5-10-3-4-12-11(6-10)13(7-19-12)25-17(23)15-14(21)16(22)18(24,8-20)26-15/h3-4,6-7,9,14-16,19-22,24H,5,8H2,1-2H3. The van der Waals surface area contributed by atoms with Crippen LogP contribution in [0.4, 0.5) is 0 Å². The molecule has 1 fully saturated rings. The first kappa shape index (κ1) is 18.8. The maximum atomic E-state index is 12.4. The maximum Gasteiger partial charge on any atom is 0.343 e. The number of H-pyrrole nitrogens is 1. The van der Waals surface area contributed by atoms with E-state index in [2.05, 4.69) is 18.8 Å². The minimum atomic E-state index is -2.41. The Balaban J connectivity index is 1.81. The molecule has 2 heterocycles. The van der Waals surface area contributed by atoms with Gasteiger partial charge in [0.2, 0.25) is 5.79 Å². The first-order valence-electron chi connectivity index (χ1n) is 8.44. The molecule has 8 heteroatoms. The minimum Gasteiger partial charge on any atom is -0.422 e. The number of rotatable bonds is 5. The molecule has 1 aromatic carbocycles. The molecule has 0 amide bonds. The Hall–Kier alpha value is -1.97. The van der Waals surface area contributed by atoms with Gasteiger partial charge in [-0.05, 0) is 30.0 Å². The van der Waals surface area contributed by atoms with Crippen molar-refractivity contribution in [1.29, 1.82) is 0 Å². The van der Waals surface area contributed by atoms with Gasteiger partial charge in [0, 0.05) is 17.1 Å². The van der Waals surface area contributed by atoms with Gasteiger partial charge in [0.15, 0.2) is 11.9 Å². The van der Waals surface area contributed by atoms with Gasteiger partial charge < -0.3 is 34.9 Å². The monoisotopic (exact) mass is 365 g/mol. The zero-order valence-corrected chi connectivity index (χ0v) is 14.5. The lowest BCUT2D eigenvalue weighted by molar-refractivity contribution is -0.246. The van der Waals surface area contributed by atoms with Crippen molar-refractivity contribution in [2.45, 2.75) is 44.4 Å². The van der Waals surface area contributed by atoms with Gasteiger partial charge in [0.25, 0.3) is 0 Å². The molecule has 1 aromatic heterocycles. The molecule has 0 saturated carbocycles. The second-order valence-electron chi connectivity index (χ2n) is 7.03. The van der Waals surface area contributed by atoms with Gasteiger partial charge in [0.05, 0.1) is 6.61 Å². The number of nitrogens with one attached hydrogen (secondary N) is 1. The molecule has 142 valence electrons. The first-order valence-corrected chi connectivity index (χ1v) is 8.44. The van der Waals surface area contributed by atoms with E-state index in [-0.39, 0.29) is 5.75 Å². The van der Waals surface area contributed by atoms with Crippen LogP contribution >= 0.6 is 0 Å². The SMILES string of the molecule is CC(C)Cc1ccc2[nH]cc(OC(=O)C3OC(O)(CO)C(O)C3O)c2c1. The van der Waals surface area contributed by atoms with Crippen LogP contribution in [0.15, 0.2) is 24.4 Å². The summed E-state index contributed by atoms with van der Waals surface area (Å²) in [6.45, 7) is 3.24. The highest BCUT2D eigenvalue weighted by atomic mass is 16.7. The molecule has 0 aliphatic carbocycles. The van der Waals surface area contributed by atoms with Crippen LogP contribution in [0.1, 0.15) is 19.4 Å². The number of carbonyl (C=O) groups is 1. The Bertz CT molecular complexity index is 802. The maximum absolute atomic E-state index is 12.4. The molecule has 3 rings (SSSR count). The van der Waals surface area contributed by atoms with Crippen molar-refractivity contribution in [3.05, 3.63) is 30.0 Å². The molecule has 0 radical (unpaired) electrons. The largest absolute Gasteiger partial charge is 0.422 e. The van der Waals surface area contributed by atoms with Crippen LogP contribution in [-0.2, 0) is 16.0 Å². The lowest BCUT2D eigenvalue weighted by Gasteiger charge is -2.22. The third-order valence-corrected chi connectivity index (χ3v) is 4.45. The Morgan fingerprint density at radius 2 is 2.12 bits per heavy atom. The summed E-state index contributed by atoms with van der Waals surface area (Å²) in [6.07, 6.45) is -2.79. The topological polar surface area (TPSA) is 132 Å². The van der Waals surface area contributed by atoms with Gasteiger partial charge in [-0.15, -0.1) is 0 Å². The second kappa shape index (κ2) is 6.98. The fourth-order valence-corrected chi connectivity index (χ4v) is 3.10. The van der Waals surface area contributed by atoms with Crippen LogP contribution in [0.5, 0.6) is 5.75 Å². The van der Waals surface area contributed by atoms with Gasteiger partial charge >= 0.3 is 5.97 Å². The molecular formula is C18H23NO7. The van der Waals surface area contributed by atoms with E-state index < -0.39 is 36.7 Å². The zero-order valence-electron chi connectivity index (χ0n) is 14.5. The number of aromatic nitrogens is 1. The van der Waals surface area contributed by atoms with E-state index in [0.29, 0.717) is 11.3 Å². The number of fused-ring (bicyclic) bond motifs is 1. The fourth-order valence-electron chi connectivity index (χ4n) is 3.10. The summed E-state index contributed by atoms with van der Waals surface area (Å²) < 4.78 is 10.3.